The van der Waals surface area contributed by atoms with Crippen molar-refractivity contribution in [1.82, 2.24) is 0 Å². The van der Waals surface area contributed by atoms with Crippen molar-refractivity contribution in [3.8, 4) is 0 Å². The molecule has 0 spiro atoms. The van der Waals surface area contributed by atoms with Crippen LogP contribution in [0, 0.1) is 33.5 Å². The summed E-state index contributed by atoms with van der Waals surface area (Å²) >= 11 is 0. The van der Waals surface area contributed by atoms with Crippen LogP contribution in [-0.2, 0) is 61.8 Å². The van der Waals surface area contributed by atoms with Crippen LogP contribution in [0.3, 0.4) is 0 Å². The van der Waals surface area contributed by atoms with E-state index in [2.05, 4.69) is 0 Å². The fourth-order valence-corrected chi connectivity index (χ4v) is 16.1. The lowest BCUT2D eigenvalue weighted by Crippen LogP contribution is -2.82. The van der Waals surface area contributed by atoms with E-state index in [1.165, 1.54) is 78.6 Å². The number of benzene rings is 2. The zero-order valence-electron chi connectivity index (χ0n) is 55.6. The molecule has 466 valence electrons. The van der Waals surface area contributed by atoms with Crippen LogP contribution in [0.4, 0.5) is 0 Å². The molecule has 85 heavy (non-hydrogen) atoms. The first kappa shape index (κ1) is 56.2. The van der Waals surface area contributed by atoms with Crippen LogP contribution in [0.2, 0.25) is 0 Å². The van der Waals surface area contributed by atoms with Crippen LogP contribution < -0.4 is 0 Å². The summed E-state index contributed by atoms with van der Waals surface area (Å²) in [6.07, 6.45) is -13.3. The predicted molar refractivity (Wildman–Crippen MR) is 300 cm³/mol. The third-order valence-electron chi connectivity index (χ3n) is 20.9. The zero-order valence-corrected chi connectivity index (χ0v) is 49.6. The molecule has 3 heterocycles. The number of hydrogen-bond acceptors (Lipinski definition) is 21. The van der Waals surface area contributed by atoms with Crippen LogP contribution in [-0.4, -0.2) is 190 Å². The van der Waals surface area contributed by atoms with E-state index in [4.69, 9.17) is 50.9 Å². The molecule has 18 atom stereocenters. The van der Waals surface area contributed by atoms with Crippen molar-refractivity contribution in [2.75, 3.05) is 40.5 Å². The van der Waals surface area contributed by atoms with Crippen molar-refractivity contribution in [3.05, 3.63) is 94.1 Å². The van der Waals surface area contributed by atoms with Crippen molar-refractivity contribution in [2.45, 2.75) is 191 Å². The number of aliphatic hydroxyl groups excluding tert-OH is 4. The zero-order chi connectivity index (χ0) is 67.4. The number of aliphatic hydroxyl groups is 6. The van der Waals surface area contributed by atoms with Gasteiger partial charge in [-0.05, 0) is 87.1 Å². The van der Waals surface area contributed by atoms with Gasteiger partial charge in [-0.1, -0.05) is 64.1 Å². The van der Waals surface area contributed by atoms with E-state index in [1.54, 1.807) is 57.2 Å². The molecular formula is C64H84O21. The van der Waals surface area contributed by atoms with E-state index < -0.39 is 173 Å². The summed E-state index contributed by atoms with van der Waals surface area (Å²) < 4.78 is 99.5. The molecule has 9 aliphatic rings. The molecule has 2 aromatic rings. The molecule has 7 fully saturated rings. The molecule has 11 rings (SSSR count). The van der Waals surface area contributed by atoms with Gasteiger partial charge in [0.05, 0.1) is 79.6 Å². The van der Waals surface area contributed by atoms with Crippen LogP contribution in [0.15, 0.2) is 83.0 Å². The van der Waals surface area contributed by atoms with Crippen LogP contribution in [0.5, 0.6) is 0 Å². The third-order valence-corrected chi connectivity index (χ3v) is 20.9. The summed E-state index contributed by atoms with van der Waals surface area (Å²) in [6.45, 7) is 15.9. The Hall–Kier alpha value is -5.30. The number of fused-ring (bicyclic) bond motifs is 10. The van der Waals surface area contributed by atoms with Gasteiger partial charge in [0.1, 0.15) is 47.8 Å². The van der Waals surface area contributed by atoms with Crippen LogP contribution in [0.1, 0.15) is 137 Å². The minimum atomic E-state index is -3.18. The maximum Gasteiger partial charge on any atom is 0.338 e. The first-order valence-electron chi connectivity index (χ1n) is 31.9. The first-order valence-corrected chi connectivity index (χ1v) is 28.9. The SMILES string of the molecule is C1CCOC1.CC(=O)O[C@@]12CO[C@@H]1C[C@H](O)[C@@]1(C)C(=O)[C@H](O)C3=C(C)[C@@H](O)C[C@@](O)([C@@H](OC(=O)c4ccccc4)[C@H]21)C3(C)C.[2H]C([2H])([2H])O[C@H]1C(=O)[C@]2(C)[C@@H](OC([2H])([2H])[2H])C[C@H]3OC[C@@]3(OC(C)=O)[C@H]2[C@H](OC(=O)c2ccccc2)[C@]2(O)C[C@H](O)C(C)=C1C2(C)C. The molecule has 3 aliphatic heterocycles. The van der Waals surface area contributed by atoms with Gasteiger partial charge in [-0.15, -0.1) is 0 Å². The molecule has 0 radical (unpaired) electrons. The number of Topliss-reactive ketones (excluding diaryl/α,β-unsaturated/α-hetero) is 2. The normalized spacial score (nSPS) is 42.3. The molecule has 6 N–H and O–H groups in total. The summed E-state index contributed by atoms with van der Waals surface area (Å²) in [5, 5.41) is 71.2. The van der Waals surface area contributed by atoms with Gasteiger partial charge in [-0.3, -0.25) is 19.2 Å². The van der Waals surface area contributed by atoms with E-state index >= 15 is 4.79 Å². The molecular weight excluding hydrogens is 1100 g/mol. The predicted octanol–water partition coefficient (Wildman–Crippen LogP) is 4.27. The Morgan fingerprint density at radius 1 is 0.600 bits per heavy atom. The van der Waals surface area contributed by atoms with Crippen molar-refractivity contribution >= 4 is 35.4 Å². The van der Waals surface area contributed by atoms with E-state index in [0.29, 0.717) is 5.57 Å². The van der Waals surface area contributed by atoms with Gasteiger partial charge in [0.2, 0.25) is 0 Å². The maximum absolute atomic E-state index is 15.2. The topological polar surface area (TPSA) is 307 Å². The van der Waals surface area contributed by atoms with Gasteiger partial charge in [-0.25, -0.2) is 9.59 Å². The number of hydrogen-bond donors (Lipinski definition) is 6. The molecule has 0 aromatic heterocycles. The molecule has 0 unspecified atom stereocenters. The number of methoxy groups -OCH3 is 2. The largest absolute Gasteiger partial charge is 0.455 e. The number of ether oxygens (including phenoxy) is 9. The number of ketones is 2. The molecule has 0 amide bonds. The second-order valence-electron chi connectivity index (χ2n) is 25.9. The number of esters is 4. The second kappa shape index (κ2) is 23.0. The van der Waals surface area contributed by atoms with E-state index in [9.17, 15) is 54.6 Å². The van der Waals surface area contributed by atoms with Gasteiger partial charge in [0.15, 0.2) is 22.8 Å². The highest BCUT2D eigenvalue weighted by Gasteiger charge is 2.80. The van der Waals surface area contributed by atoms with Gasteiger partial charge in [0.25, 0.3) is 0 Å². The lowest BCUT2D eigenvalue weighted by Gasteiger charge is -2.67. The fraction of sp³-hybridized carbons (Fsp3) is 0.656. The maximum atomic E-state index is 15.2. The average molecular weight is 1200 g/mol. The monoisotopic (exact) mass is 1190 g/mol. The Kier molecular flexibility index (Phi) is 15.2. The Balaban J connectivity index is 0.000000202. The van der Waals surface area contributed by atoms with E-state index in [1.807, 2.05) is 0 Å². The van der Waals surface area contributed by atoms with Crippen LogP contribution >= 0.6 is 0 Å². The first-order chi connectivity index (χ1) is 42.1. The van der Waals surface area contributed by atoms with Crippen molar-refractivity contribution in [3.63, 3.8) is 0 Å². The molecule has 4 saturated carbocycles. The number of carbonyl (C=O) groups excluding carboxylic acids is 6. The third kappa shape index (κ3) is 9.77. The molecule has 2 aromatic carbocycles. The Bertz CT molecular complexity index is 3210. The summed E-state index contributed by atoms with van der Waals surface area (Å²) in [5.41, 5.74) is -14.0. The molecule has 21 heteroatoms. The lowest BCUT2D eigenvalue weighted by atomic mass is 9.44. The highest BCUT2D eigenvalue weighted by Crippen LogP contribution is 2.66. The minimum Gasteiger partial charge on any atom is -0.455 e. The highest BCUT2D eigenvalue weighted by atomic mass is 16.6. The molecule has 3 saturated heterocycles. The van der Waals surface area contributed by atoms with Crippen molar-refractivity contribution in [2.24, 2.45) is 33.5 Å². The van der Waals surface area contributed by atoms with Crippen LogP contribution in [0.25, 0.3) is 0 Å². The lowest BCUT2D eigenvalue weighted by molar-refractivity contribution is -0.347. The Morgan fingerprint density at radius 2 is 1.04 bits per heavy atom. The van der Waals surface area contributed by atoms with Gasteiger partial charge in [-0.2, -0.15) is 0 Å². The summed E-state index contributed by atoms with van der Waals surface area (Å²) in [7, 11) is -6.26. The summed E-state index contributed by atoms with van der Waals surface area (Å²) in [5.74, 6) is -7.92. The van der Waals surface area contributed by atoms with E-state index in [-0.39, 0.29) is 60.3 Å². The second-order valence-corrected chi connectivity index (χ2v) is 25.9. The quantitative estimate of drug-likeness (QED) is 0.122. The minimum absolute atomic E-state index is 0.0681. The summed E-state index contributed by atoms with van der Waals surface area (Å²) in [6, 6.07) is 15.9. The van der Waals surface area contributed by atoms with Crippen molar-refractivity contribution in [1.29, 1.82) is 0 Å². The molecule has 6 aliphatic carbocycles. The van der Waals surface area contributed by atoms with Gasteiger partial charge in [0, 0.05) is 77.7 Å². The fourth-order valence-electron chi connectivity index (χ4n) is 16.1. The standard InChI is InChI=1S/C31H40O10.C29H36O10.C4H8O/c1-16-19(33)14-31(36)26(40-27(35)18-11-9-8-10-12-18)24-29(5,25(34)23(38-7)22(16)28(31,3)4)20(37-6)13-21-30(24,15-39-21)41-17(2)32;1-14-17(31)12-29(36)24(38-25(35)16-9-7-6-8-10-16)22-27(5,23(34)21(33)20(14)26(29,3)4)18(32)11-19-28(22,13-37-19)39-15(2)30;1-2-4-5-3-1/h8-12,19-21,23-24,26,33,36H,13-15H2,1-7H3;6-10,17-19,21-22,24,31-33,36H,11-13H2,1-5H3;1-4H2/t19-,20-,21+,23+,24-,26-,29+,30-,31+;17-,18-,19+,21+,22-,24-,27+,28-,29+;/m00./s1/i6D3,7D3;;. The molecule has 4 bridgehead atoms. The Labute approximate surface area is 503 Å². The van der Waals surface area contributed by atoms with E-state index in [0.717, 1.165) is 20.1 Å². The van der Waals surface area contributed by atoms with Gasteiger partial charge < -0.3 is 73.3 Å². The Morgan fingerprint density at radius 3 is 1.45 bits per heavy atom. The number of rotatable bonds is 8. The van der Waals surface area contributed by atoms with Crippen molar-refractivity contribution < 1.29 is 110 Å². The summed E-state index contributed by atoms with van der Waals surface area (Å²) in [4.78, 5) is 82.1. The molecule has 21 nitrogen and oxygen atoms in total. The smallest absolute Gasteiger partial charge is 0.338 e. The highest BCUT2D eigenvalue weighted by molar-refractivity contribution is 5.95. The van der Waals surface area contributed by atoms with Gasteiger partial charge >= 0.3 is 23.9 Å². The average Bonchev–Trinajstić information content (AvgIpc) is 0.866. The number of carbonyl (C=O) groups is 6.